The molecular weight excluding hydrogens is 284 g/mol. The summed E-state index contributed by atoms with van der Waals surface area (Å²) in [6.07, 6.45) is 2.56. The number of benzene rings is 2. The molecule has 0 bridgehead atoms. The van der Waals surface area contributed by atoms with Gasteiger partial charge in [0.05, 0.1) is 17.1 Å². The Morgan fingerprint density at radius 3 is 2.48 bits per heavy atom. The van der Waals surface area contributed by atoms with E-state index in [9.17, 15) is 4.79 Å². The SMILES string of the molecule is O=Cc1cn(Cc2ccccc2)nc1-c1ccccc1Cl. The summed E-state index contributed by atoms with van der Waals surface area (Å²) in [5.41, 5.74) is 3.06. The third-order valence-electron chi connectivity index (χ3n) is 3.23. The third kappa shape index (κ3) is 2.88. The van der Waals surface area contributed by atoms with Crippen LogP contribution in [0.2, 0.25) is 5.02 Å². The minimum atomic E-state index is 0.541. The van der Waals surface area contributed by atoms with Crippen LogP contribution in [-0.2, 0) is 6.54 Å². The summed E-state index contributed by atoms with van der Waals surface area (Å²) in [5, 5.41) is 5.10. The van der Waals surface area contributed by atoms with Crippen molar-refractivity contribution < 1.29 is 4.79 Å². The van der Waals surface area contributed by atoms with E-state index in [1.54, 1.807) is 16.9 Å². The number of aromatic nitrogens is 2. The molecule has 0 spiro atoms. The summed E-state index contributed by atoms with van der Waals surface area (Å²) in [6, 6.07) is 17.4. The zero-order chi connectivity index (χ0) is 14.7. The molecule has 3 rings (SSSR count). The fraction of sp³-hybridized carbons (Fsp3) is 0.0588. The predicted octanol–water partition coefficient (Wildman–Crippen LogP) is 4.06. The van der Waals surface area contributed by atoms with E-state index < -0.39 is 0 Å². The van der Waals surface area contributed by atoms with Crippen molar-refractivity contribution in [2.45, 2.75) is 6.54 Å². The van der Waals surface area contributed by atoms with E-state index in [0.29, 0.717) is 22.8 Å². The fourth-order valence-corrected chi connectivity index (χ4v) is 2.46. The van der Waals surface area contributed by atoms with E-state index in [0.717, 1.165) is 17.4 Å². The predicted molar refractivity (Wildman–Crippen MR) is 83.6 cm³/mol. The van der Waals surface area contributed by atoms with Crippen LogP contribution in [0.4, 0.5) is 0 Å². The number of rotatable bonds is 4. The van der Waals surface area contributed by atoms with Crippen LogP contribution in [0.25, 0.3) is 11.3 Å². The average Bonchev–Trinajstić information content (AvgIpc) is 2.91. The lowest BCUT2D eigenvalue weighted by molar-refractivity contribution is 0.112. The third-order valence-corrected chi connectivity index (χ3v) is 3.56. The lowest BCUT2D eigenvalue weighted by Gasteiger charge is -2.02. The monoisotopic (exact) mass is 296 g/mol. The maximum atomic E-state index is 11.3. The average molecular weight is 297 g/mol. The highest BCUT2D eigenvalue weighted by atomic mass is 35.5. The minimum Gasteiger partial charge on any atom is -0.298 e. The summed E-state index contributed by atoms with van der Waals surface area (Å²) in [5.74, 6) is 0. The Morgan fingerprint density at radius 1 is 1.05 bits per heavy atom. The maximum absolute atomic E-state index is 11.3. The molecule has 3 nitrogen and oxygen atoms in total. The van der Waals surface area contributed by atoms with Gasteiger partial charge >= 0.3 is 0 Å². The number of halogens is 1. The van der Waals surface area contributed by atoms with Crippen LogP contribution >= 0.6 is 11.6 Å². The van der Waals surface area contributed by atoms with Crippen LogP contribution in [0.5, 0.6) is 0 Å². The number of hydrogen-bond acceptors (Lipinski definition) is 2. The molecule has 0 fully saturated rings. The zero-order valence-electron chi connectivity index (χ0n) is 11.2. The first-order valence-electron chi connectivity index (χ1n) is 6.59. The highest BCUT2D eigenvalue weighted by Crippen LogP contribution is 2.28. The Labute approximate surface area is 127 Å². The molecule has 0 aliphatic heterocycles. The zero-order valence-corrected chi connectivity index (χ0v) is 12.0. The van der Waals surface area contributed by atoms with Gasteiger partial charge in [-0.1, -0.05) is 60.1 Å². The molecule has 0 radical (unpaired) electrons. The Balaban J connectivity index is 1.99. The van der Waals surface area contributed by atoms with Gasteiger partial charge in [0.15, 0.2) is 6.29 Å². The number of carbonyl (C=O) groups excluding carboxylic acids is 1. The van der Waals surface area contributed by atoms with Gasteiger partial charge in [-0.15, -0.1) is 0 Å². The molecule has 21 heavy (non-hydrogen) atoms. The number of carbonyl (C=O) groups is 1. The van der Waals surface area contributed by atoms with Crippen LogP contribution in [0.3, 0.4) is 0 Å². The van der Waals surface area contributed by atoms with Crippen molar-refractivity contribution >= 4 is 17.9 Å². The molecule has 2 aromatic carbocycles. The van der Waals surface area contributed by atoms with Gasteiger partial charge in [0.1, 0.15) is 5.69 Å². The second-order valence-corrected chi connectivity index (χ2v) is 5.12. The van der Waals surface area contributed by atoms with Crippen LogP contribution in [0.15, 0.2) is 60.8 Å². The van der Waals surface area contributed by atoms with Gasteiger partial charge in [0.25, 0.3) is 0 Å². The highest BCUT2D eigenvalue weighted by Gasteiger charge is 2.13. The Morgan fingerprint density at radius 2 is 1.76 bits per heavy atom. The molecular formula is C17H13ClN2O. The van der Waals surface area contributed by atoms with Crippen molar-refractivity contribution in [3.05, 3.63) is 76.9 Å². The second-order valence-electron chi connectivity index (χ2n) is 4.71. The molecule has 0 N–H and O–H groups in total. The molecule has 0 aliphatic rings. The first-order chi connectivity index (χ1) is 10.3. The summed E-state index contributed by atoms with van der Waals surface area (Å²) >= 11 is 6.19. The summed E-state index contributed by atoms with van der Waals surface area (Å²) in [6.45, 7) is 0.617. The molecule has 1 heterocycles. The van der Waals surface area contributed by atoms with Gasteiger partial charge in [0.2, 0.25) is 0 Å². The Kier molecular flexibility index (Phi) is 3.84. The smallest absolute Gasteiger partial charge is 0.153 e. The van der Waals surface area contributed by atoms with Crippen molar-refractivity contribution in [1.29, 1.82) is 0 Å². The van der Waals surface area contributed by atoms with E-state index >= 15 is 0 Å². The molecule has 3 aromatic rings. The van der Waals surface area contributed by atoms with Crippen molar-refractivity contribution in [3.8, 4) is 11.3 Å². The lowest BCUT2D eigenvalue weighted by Crippen LogP contribution is -2.00. The molecule has 0 amide bonds. The van der Waals surface area contributed by atoms with E-state index in [2.05, 4.69) is 5.10 Å². The van der Waals surface area contributed by atoms with Crippen molar-refractivity contribution in [3.63, 3.8) is 0 Å². The molecule has 0 atom stereocenters. The van der Waals surface area contributed by atoms with Gasteiger partial charge in [-0.25, -0.2) is 0 Å². The van der Waals surface area contributed by atoms with Crippen molar-refractivity contribution in [2.75, 3.05) is 0 Å². The van der Waals surface area contributed by atoms with Gasteiger partial charge < -0.3 is 0 Å². The first-order valence-corrected chi connectivity index (χ1v) is 6.97. The summed E-state index contributed by atoms with van der Waals surface area (Å²) < 4.78 is 1.76. The number of hydrogen-bond donors (Lipinski definition) is 0. The normalized spacial score (nSPS) is 10.5. The fourth-order valence-electron chi connectivity index (χ4n) is 2.24. The van der Waals surface area contributed by atoms with Crippen LogP contribution in [0, 0.1) is 0 Å². The number of nitrogens with zero attached hydrogens (tertiary/aromatic N) is 2. The van der Waals surface area contributed by atoms with Gasteiger partial charge in [0, 0.05) is 11.8 Å². The Hall–Kier alpha value is -2.39. The lowest BCUT2D eigenvalue weighted by atomic mass is 10.1. The molecule has 4 heteroatoms. The van der Waals surface area contributed by atoms with Crippen LogP contribution < -0.4 is 0 Å². The van der Waals surface area contributed by atoms with E-state index in [4.69, 9.17) is 11.6 Å². The van der Waals surface area contributed by atoms with Gasteiger partial charge in [-0.2, -0.15) is 5.10 Å². The summed E-state index contributed by atoms with van der Waals surface area (Å²) in [7, 11) is 0. The quantitative estimate of drug-likeness (QED) is 0.680. The van der Waals surface area contributed by atoms with E-state index in [-0.39, 0.29) is 0 Å². The largest absolute Gasteiger partial charge is 0.298 e. The first kappa shape index (κ1) is 13.6. The molecule has 104 valence electrons. The number of aldehydes is 1. The Bertz CT molecular complexity index is 765. The summed E-state index contributed by atoms with van der Waals surface area (Å²) in [4.78, 5) is 11.3. The molecule has 0 unspecified atom stereocenters. The van der Waals surface area contributed by atoms with E-state index in [1.807, 2.05) is 48.5 Å². The maximum Gasteiger partial charge on any atom is 0.153 e. The van der Waals surface area contributed by atoms with Gasteiger partial charge in [-0.3, -0.25) is 9.48 Å². The van der Waals surface area contributed by atoms with Crippen LogP contribution in [-0.4, -0.2) is 16.1 Å². The van der Waals surface area contributed by atoms with Crippen molar-refractivity contribution in [1.82, 2.24) is 9.78 Å². The second kappa shape index (κ2) is 5.94. The molecule has 0 aliphatic carbocycles. The van der Waals surface area contributed by atoms with Crippen LogP contribution in [0.1, 0.15) is 15.9 Å². The molecule has 0 saturated carbocycles. The minimum absolute atomic E-state index is 0.541. The standard InChI is InChI=1S/C17H13ClN2O/c18-16-9-5-4-8-15(16)17-14(12-21)11-20(19-17)10-13-6-2-1-3-7-13/h1-9,11-12H,10H2. The highest BCUT2D eigenvalue weighted by molar-refractivity contribution is 6.33. The molecule has 0 saturated heterocycles. The molecule has 1 aromatic heterocycles. The van der Waals surface area contributed by atoms with Gasteiger partial charge in [-0.05, 0) is 11.6 Å². The topological polar surface area (TPSA) is 34.9 Å². The van der Waals surface area contributed by atoms with E-state index in [1.165, 1.54) is 0 Å². The van der Waals surface area contributed by atoms with Crippen molar-refractivity contribution in [2.24, 2.45) is 0 Å².